The second-order valence-electron chi connectivity index (χ2n) is 8.09. The van der Waals surface area contributed by atoms with E-state index in [0.717, 1.165) is 11.8 Å². The van der Waals surface area contributed by atoms with Crippen molar-refractivity contribution in [3.63, 3.8) is 0 Å². The van der Waals surface area contributed by atoms with Crippen molar-refractivity contribution in [2.75, 3.05) is 17.7 Å². The third-order valence-electron chi connectivity index (χ3n) is 5.80. The summed E-state index contributed by atoms with van der Waals surface area (Å²) in [6, 6.07) is 18.0. The van der Waals surface area contributed by atoms with Crippen molar-refractivity contribution < 1.29 is 9.53 Å². The maximum atomic E-state index is 13.8. The first-order chi connectivity index (χ1) is 16.9. The first kappa shape index (κ1) is 23.7. The average molecular weight is 474 g/mol. The van der Waals surface area contributed by atoms with E-state index in [-0.39, 0.29) is 23.7 Å². The number of aromatic amines is 1. The Morgan fingerprint density at radius 1 is 1.09 bits per heavy atom. The van der Waals surface area contributed by atoms with Gasteiger partial charge in [0.05, 0.1) is 19.2 Å². The van der Waals surface area contributed by atoms with Gasteiger partial charge in [0.1, 0.15) is 17.3 Å². The summed E-state index contributed by atoms with van der Waals surface area (Å²) in [4.78, 5) is 47.4. The number of hydrogen-bond donors (Lipinski definition) is 2. The summed E-state index contributed by atoms with van der Waals surface area (Å²) in [5, 5.41) is 0.880. The molecular weight excluding hydrogens is 446 g/mol. The fourth-order valence-corrected chi connectivity index (χ4v) is 3.96. The Bertz CT molecular complexity index is 1490. The zero-order chi connectivity index (χ0) is 24.9. The van der Waals surface area contributed by atoms with Crippen LogP contribution in [-0.4, -0.2) is 27.6 Å². The summed E-state index contributed by atoms with van der Waals surface area (Å²) in [5.74, 6) is -0.0538. The quantitative estimate of drug-likeness (QED) is 0.405. The molecule has 0 atom stereocenters. The first-order valence-corrected chi connectivity index (χ1v) is 11.4. The number of amides is 1. The molecule has 180 valence electrons. The molecule has 0 spiro atoms. The van der Waals surface area contributed by atoms with Crippen molar-refractivity contribution in [2.24, 2.45) is 0 Å². The van der Waals surface area contributed by atoms with Gasteiger partial charge in [-0.3, -0.25) is 24.0 Å². The highest BCUT2D eigenvalue weighted by atomic mass is 16.5. The molecule has 35 heavy (non-hydrogen) atoms. The number of methoxy groups -OCH3 is 1. The lowest BCUT2D eigenvalue weighted by Crippen LogP contribution is -2.41. The highest BCUT2D eigenvalue weighted by Gasteiger charge is 2.27. The highest BCUT2D eigenvalue weighted by molar-refractivity contribution is 6.07. The fraction of sp³-hybridized carbons (Fsp3) is 0.231. The molecule has 0 bridgehead atoms. The number of rotatable bonds is 8. The molecule has 0 fully saturated rings. The molecule has 0 radical (unpaired) electrons. The zero-order valence-corrected chi connectivity index (χ0v) is 19.7. The van der Waals surface area contributed by atoms with Crippen LogP contribution in [0, 0.1) is 0 Å². The molecule has 2 heterocycles. The van der Waals surface area contributed by atoms with Crippen LogP contribution in [0.1, 0.15) is 35.8 Å². The van der Waals surface area contributed by atoms with Gasteiger partial charge in [0.2, 0.25) is 0 Å². The summed E-state index contributed by atoms with van der Waals surface area (Å²) in [7, 11) is 1.53. The Balaban J connectivity index is 1.88. The molecule has 4 aromatic rings. The number of anilines is 2. The Kier molecular flexibility index (Phi) is 6.96. The number of benzene rings is 2. The monoisotopic (exact) mass is 473 g/mol. The second-order valence-corrected chi connectivity index (χ2v) is 8.09. The fourth-order valence-electron chi connectivity index (χ4n) is 3.96. The van der Waals surface area contributed by atoms with E-state index in [0.29, 0.717) is 29.8 Å². The number of carbonyl (C=O) groups is 1. The van der Waals surface area contributed by atoms with Crippen LogP contribution < -0.4 is 26.6 Å². The van der Waals surface area contributed by atoms with Gasteiger partial charge < -0.3 is 10.5 Å². The molecular formula is C26H27N5O4. The van der Waals surface area contributed by atoms with Crippen molar-refractivity contribution >= 4 is 28.3 Å². The minimum Gasteiger partial charge on any atom is -0.496 e. The standard InChI is InChI=1S/C26H27N5O4/c1-3-4-15-30-23(27)22(24(32)29-26(30)34)31(16-18-10-6-8-12-21(18)35-2)25(33)20-14-13-17-9-5-7-11-19(17)28-20/h5-14H,3-4,15-16,27H2,1-2H3,(H,29,32,34). The molecule has 2 aromatic heterocycles. The van der Waals surface area contributed by atoms with E-state index in [1.54, 1.807) is 24.3 Å². The van der Waals surface area contributed by atoms with Crippen LogP contribution in [0.2, 0.25) is 0 Å². The molecule has 0 saturated heterocycles. The predicted molar refractivity (Wildman–Crippen MR) is 136 cm³/mol. The van der Waals surface area contributed by atoms with Gasteiger partial charge in [-0.2, -0.15) is 0 Å². The SMILES string of the molecule is CCCCn1c(N)c(N(Cc2ccccc2OC)C(=O)c2ccc3ccccc3n2)c(=O)[nH]c1=O. The Morgan fingerprint density at radius 2 is 1.83 bits per heavy atom. The van der Waals surface area contributed by atoms with E-state index < -0.39 is 17.2 Å². The van der Waals surface area contributed by atoms with Crippen LogP contribution >= 0.6 is 0 Å². The summed E-state index contributed by atoms with van der Waals surface area (Å²) in [6.45, 7) is 2.28. The number of nitrogen functional groups attached to an aromatic ring is 1. The van der Waals surface area contributed by atoms with Gasteiger partial charge in [0.25, 0.3) is 11.5 Å². The van der Waals surface area contributed by atoms with Gasteiger partial charge in [0, 0.05) is 17.5 Å². The van der Waals surface area contributed by atoms with Crippen molar-refractivity contribution in [3.05, 3.63) is 92.8 Å². The lowest BCUT2D eigenvalue weighted by atomic mass is 10.1. The number of para-hydroxylation sites is 2. The van der Waals surface area contributed by atoms with Crippen molar-refractivity contribution in [2.45, 2.75) is 32.9 Å². The molecule has 3 N–H and O–H groups in total. The number of carbonyl (C=O) groups excluding carboxylic acids is 1. The van der Waals surface area contributed by atoms with E-state index in [1.165, 1.54) is 16.6 Å². The number of pyridine rings is 1. The number of fused-ring (bicyclic) bond motifs is 1. The summed E-state index contributed by atoms with van der Waals surface area (Å²) in [6.07, 6.45) is 1.51. The van der Waals surface area contributed by atoms with E-state index in [9.17, 15) is 14.4 Å². The first-order valence-electron chi connectivity index (χ1n) is 11.4. The number of ether oxygens (including phenoxy) is 1. The molecule has 1 amide bonds. The molecule has 2 aromatic carbocycles. The minimum absolute atomic E-state index is 0.0172. The number of nitrogens with one attached hydrogen (secondary N) is 1. The molecule has 0 saturated carbocycles. The molecule has 0 unspecified atom stereocenters. The molecule has 4 rings (SSSR count). The lowest BCUT2D eigenvalue weighted by Gasteiger charge is -2.25. The number of nitrogens with zero attached hydrogens (tertiary/aromatic N) is 3. The Labute approximate surface area is 201 Å². The number of hydrogen-bond acceptors (Lipinski definition) is 6. The van der Waals surface area contributed by atoms with Gasteiger partial charge in [0.15, 0.2) is 5.69 Å². The van der Waals surface area contributed by atoms with E-state index in [1.807, 2.05) is 43.3 Å². The van der Waals surface area contributed by atoms with Gasteiger partial charge in [-0.1, -0.05) is 55.8 Å². The van der Waals surface area contributed by atoms with Crippen LogP contribution in [0.25, 0.3) is 10.9 Å². The number of aromatic nitrogens is 3. The maximum absolute atomic E-state index is 13.8. The molecule has 9 nitrogen and oxygen atoms in total. The molecule has 0 aliphatic rings. The van der Waals surface area contributed by atoms with Crippen LogP contribution in [0.4, 0.5) is 11.5 Å². The summed E-state index contributed by atoms with van der Waals surface area (Å²) < 4.78 is 6.74. The van der Waals surface area contributed by atoms with Crippen LogP contribution in [-0.2, 0) is 13.1 Å². The van der Waals surface area contributed by atoms with Crippen LogP contribution in [0.5, 0.6) is 5.75 Å². The second kappa shape index (κ2) is 10.3. The van der Waals surface area contributed by atoms with Gasteiger partial charge in [-0.15, -0.1) is 0 Å². The third-order valence-corrected chi connectivity index (χ3v) is 5.80. The maximum Gasteiger partial charge on any atom is 0.330 e. The largest absolute Gasteiger partial charge is 0.496 e. The third kappa shape index (κ3) is 4.79. The average Bonchev–Trinajstić information content (AvgIpc) is 2.87. The van der Waals surface area contributed by atoms with E-state index >= 15 is 0 Å². The molecule has 0 aliphatic heterocycles. The van der Waals surface area contributed by atoms with Gasteiger partial charge in [-0.25, -0.2) is 9.78 Å². The van der Waals surface area contributed by atoms with Gasteiger partial charge >= 0.3 is 5.69 Å². The smallest absolute Gasteiger partial charge is 0.330 e. The topological polar surface area (TPSA) is 123 Å². The van der Waals surface area contributed by atoms with Crippen molar-refractivity contribution in [3.8, 4) is 5.75 Å². The Hall–Kier alpha value is -4.40. The van der Waals surface area contributed by atoms with E-state index in [4.69, 9.17) is 10.5 Å². The highest BCUT2D eigenvalue weighted by Crippen LogP contribution is 2.26. The lowest BCUT2D eigenvalue weighted by molar-refractivity contribution is 0.0980. The van der Waals surface area contributed by atoms with Crippen LogP contribution in [0.3, 0.4) is 0 Å². The minimum atomic E-state index is -0.746. The molecule has 0 aliphatic carbocycles. The number of nitrogens with two attached hydrogens (primary N) is 1. The number of H-pyrrole nitrogens is 1. The molecule has 9 heteroatoms. The number of unbranched alkanes of at least 4 members (excludes halogenated alkanes) is 1. The zero-order valence-electron chi connectivity index (χ0n) is 19.7. The predicted octanol–water partition coefficient (Wildman–Crippen LogP) is 3.32. The van der Waals surface area contributed by atoms with Crippen LogP contribution in [0.15, 0.2) is 70.3 Å². The van der Waals surface area contributed by atoms with Crippen molar-refractivity contribution in [1.29, 1.82) is 0 Å². The summed E-state index contributed by atoms with van der Waals surface area (Å²) in [5.41, 5.74) is 6.34. The Morgan fingerprint density at radius 3 is 2.60 bits per heavy atom. The van der Waals surface area contributed by atoms with Gasteiger partial charge in [-0.05, 0) is 24.6 Å². The van der Waals surface area contributed by atoms with E-state index in [2.05, 4.69) is 9.97 Å². The van der Waals surface area contributed by atoms with Crippen molar-refractivity contribution in [1.82, 2.24) is 14.5 Å². The normalized spacial score (nSPS) is 10.9. The summed E-state index contributed by atoms with van der Waals surface area (Å²) >= 11 is 0.